The van der Waals surface area contributed by atoms with Crippen LogP contribution in [-0.2, 0) is 14.5 Å². The van der Waals surface area contributed by atoms with Gasteiger partial charge in [-0.1, -0.05) is 44.0 Å². The molecule has 0 amide bonds. The molecule has 9 heteroatoms. The number of carboxylic acid groups (broad SMARTS) is 1. The number of nitrogens with one attached hydrogen (secondary N) is 1. The molecule has 2 N–H and O–H groups in total. The summed E-state index contributed by atoms with van der Waals surface area (Å²) in [5, 5.41) is 13.0. The second kappa shape index (κ2) is 7.29. The lowest BCUT2D eigenvalue weighted by molar-refractivity contribution is 0.0703. The zero-order valence-corrected chi connectivity index (χ0v) is 17.3. The van der Waals surface area contributed by atoms with E-state index in [2.05, 4.69) is 5.09 Å². The summed E-state index contributed by atoms with van der Waals surface area (Å²) in [6, 6.07) is 6.18. The molecular weight excluding hydrogens is 404 g/mol. The average Bonchev–Trinajstić information content (AvgIpc) is 2.91. The van der Waals surface area contributed by atoms with Crippen LogP contribution in [0.5, 0.6) is 0 Å². The maximum Gasteiger partial charge on any atom is 0.348 e. The molecule has 0 fully saturated rings. The molecule has 0 spiro atoms. The number of carboxylic acids is 1. The quantitative estimate of drug-likeness (QED) is 0.611. The Hall–Kier alpha value is -1.04. The molecule has 5 nitrogen and oxygen atoms in total. The number of thiophene rings is 1. The molecule has 0 aliphatic carbocycles. The van der Waals surface area contributed by atoms with E-state index in [9.17, 15) is 14.5 Å². The number of rotatable bonds is 5. The van der Waals surface area contributed by atoms with Crippen molar-refractivity contribution in [1.82, 2.24) is 0 Å². The Morgan fingerprint density at radius 2 is 1.92 bits per heavy atom. The van der Waals surface area contributed by atoms with Crippen LogP contribution in [-0.4, -0.2) is 18.2 Å². The largest absolute Gasteiger partial charge is 0.477 e. The van der Waals surface area contributed by atoms with E-state index in [1.54, 1.807) is 12.1 Å². The number of carbonyl (C=O) groups is 1. The molecular formula is C16H18Cl2NO4PS. The normalized spacial score (nSPS) is 14.2. The third kappa shape index (κ3) is 4.39. The lowest BCUT2D eigenvalue weighted by Gasteiger charge is -2.20. The number of aromatic carboxylic acids is 1. The molecule has 0 radical (unpaired) electrons. The second-order valence-electron chi connectivity index (χ2n) is 6.35. The number of benzene rings is 1. The highest BCUT2D eigenvalue weighted by Crippen LogP contribution is 2.49. The van der Waals surface area contributed by atoms with Crippen LogP contribution in [0.4, 0.5) is 5.69 Å². The van der Waals surface area contributed by atoms with Crippen LogP contribution in [0.25, 0.3) is 0 Å². The molecule has 1 unspecified atom stereocenters. The summed E-state index contributed by atoms with van der Waals surface area (Å²) >= 11 is 13.2. The van der Waals surface area contributed by atoms with Crippen LogP contribution in [0, 0.1) is 0 Å². The first-order valence-corrected chi connectivity index (χ1v) is 10.4. The van der Waals surface area contributed by atoms with Crippen molar-refractivity contribution in [3.05, 3.63) is 44.1 Å². The summed E-state index contributed by atoms with van der Waals surface area (Å²) in [7, 11) is -2.36. The fourth-order valence-electron chi connectivity index (χ4n) is 2.09. The van der Waals surface area contributed by atoms with Crippen molar-refractivity contribution in [3.8, 4) is 0 Å². The molecule has 0 aliphatic rings. The minimum absolute atomic E-state index is 0.0623. The summed E-state index contributed by atoms with van der Waals surface area (Å²) in [6.07, 6.45) is 0. The van der Waals surface area contributed by atoms with Gasteiger partial charge in [-0.05, 0) is 29.7 Å². The first-order valence-electron chi connectivity index (χ1n) is 7.25. The van der Waals surface area contributed by atoms with Crippen molar-refractivity contribution >= 4 is 59.0 Å². The number of halogens is 2. The first kappa shape index (κ1) is 20.3. The Morgan fingerprint density at radius 1 is 1.28 bits per heavy atom. The highest BCUT2D eigenvalue weighted by molar-refractivity contribution is 7.68. The average molecular weight is 422 g/mol. The van der Waals surface area contributed by atoms with Crippen LogP contribution in [0.15, 0.2) is 24.3 Å². The van der Waals surface area contributed by atoms with Gasteiger partial charge >= 0.3 is 13.5 Å². The molecule has 1 atom stereocenters. The van der Waals surface area contributed by atoms with Crippen LogP contribution in [0.1, 0.15) is 35.3 Å². The fourth-order valence-corrected chi connectivity index (χ4v) is 5.43. The summed E-state index contributed by atoms with van der Waals surface area (Å²) in [5.74, 6) is -1.10. The predicted molar refractivity (Wildman–Crippen MR) is 104 cm³/mol. The van der Waals surface area contributed by atoms with E-state index in [1.165, 1.54) is 19.2 Å². The Labute approximate surface area is 160 Å². The van der Waals surface area contributed by atoms with Gasteiger partial charge < -0.3 is 14.7 Å². The highest BCUT2D eigenvalue weighted by Gasteiger charge is 2.31. The van der Waals surface area contributed by atoms with Crippen LogP contribution in [0.3, 0.4) is 0 Å². The summed E-state index contributed by atoms with van der Waals surface area (Å²) < 4.78 is 18.5. The molecule has 1 aromatic heterocycles. The first-order chi connectivity index (χ1) is 11.5. The summed E-state index contributed by atoms with van der Waals surface area (Å²) in [6.45, 7) is 5.92. The highest BCUT2D eigenvalue weighted by atomic mass is 35.5. The molecule has 1 heterocycles. The minimum atomic E-state index is -3.63. The zero-order valence-electron chi connectivity index (χ0n) is 14.1. The summed E-state index contributed by atoms with van der Waals surface area (Å²) in [5.41, 5.74) is -0.0114. The monoisotopic (exact) mass is 421 g/mol. The molecule has 136 valence electrons. The van der Waals surface area contributed by atoms with E-state index in [-0.39, 0.29) is 26.3 Å². The SMILES string of the molecule is COP(=O)(Nc1cc(C(C)(C)C)sc1C(=O)O)c1ccc(Cl)cc1Cl. The summed E-state index contributed by atoms with van der Waals surface area (Å²) in [4.78, 5) is 12.5. The molecule has 0 aliphatic heterocycles. The minimum Gasteiger partial charge on any atom is -0.477 e. The molecule has 2 aromatic rings. The number of hydrogen-bond donors (Lipinski definition) is 2. The lowest BCUT2D eigenvalue weighted by Crippen LogP contribution is -2.15. The van der Waals surface area contributed by atoms with Crippen molar-refractivity contribution in [2.45, 2.75) is 26.2 Å². The van der Waals surface area contributed by atoms with E-state index in [0.29, 0.717) is 5.02 Å². The van der Waals surface area contributed by atoms with Gasteiger partial charge in [0.1, 0.15) is 4.88 Å². The van der Waals surface area contributed by atoms with Crippen molar-refractivity contribution in [3.63, 3.8) is 0 Å². The van der Waals surface area contributed by atoms with Gasteiger partial charge in [-0.3, -0.25) is 4.57 Å². The standard InChI is InChI=1S/C16H18Cl2NO4PS/c1-16(2,3)13-8-11(14(25-13)15(20)21)19-24(22,23-4)12-6-5-9(17)7-10(12)18/h5-8H,1-4H3,(H,19,22)(H,20,21). The molecule has 0 saturated heterocycles. The maximum atomic E-state index is 13.3. The second-order valence-corrected chi connectivity index (χ2v) is 10.4. The van der Waals surface area contributed by atoms with Crippen molar-refractivity contribution in [1.29, 1.82) is 0 Å². The van der Waals surface area contributed by atoms with Gasteiger partial charge in [-0.25, -0.2) is 4.79 Å². The zero-order chi connectivity index (χ0) is 19.0. The molecule has 1 aromatic carbocycles. The van der Waals surface area contributed by atoms with Gasteiger partial charge in [-0.15, -0.1) is 11.3 Å². The topological polar surface area (TPSA) is 75.6 Å². The van der Waals surface area contributed by atoms with E-state index >= 15 is 0 Å². The van der Waals surface area contributed by atoms with Gasteiger partial charge in [0.05, 0.1) is 16.0 Å². The van der Waals surface area contributed by atoms with Gasteiger partial charge in [0.2, 0.25) is 0 Å². The number of anilines is 1. The Bertz CT molecular complexity index is 860. The molecule has 25 heavy (non-hydrogen) atoms. The van der Waals surface area contributed by atoms with Gasteiger partial charge in [-0.2, -0.15) is 0 Å². The number of hydrogen-bond acceptors (Lipinski definition) is 4. The van der Waals surface area contributed by atoms with Gasteiger partial charge in [0, 0.05) is 17.0 Å². The van der Waals surface area contributed by atoms with E-state index in [4.69, 9.17) is 27.7 Å². The Morgan fingerprint density at radius 3 is 2.40 bits per heavy atom. The lowest BCUT2D eigenvalue weighted by atomic mass is 9.95. The van der Waals surface area contributed by atoms with E-state index < -0.39 is 13.5 Å². The van der Waals surface area contributed by atoms with Gasteiger partial charge in [0.25, 0.3) is 0 Å². The maximum absolute atomic E-state index is 13.3. The third-order valence-electron chi connectivity index (χ3n) is 3.42. The van der Waals surface area contributed by atoms with Crippen LogP contribution >= 0.6 is 42.1 Å². The molecule has 0 bridgehead atoms. The molecule has 2 rings (SSSR count). The Kier molecular flexibility index (Phi) is 5.92. The van der Waals surface area contributed by atoms with Crippen molar-refractivity contribution in [2.75, 3.05) is 12.2 Å². The van der Waals surface area contributed by atoms with E-state index in [1.807, 2.05) is 20.8 Å². The fraction of sp³-hybridized carbons (Fsp3) is 0.312. The predicted octanol–water partition coefficient (Wildman–Crippen LogP) is 5.63. The Balaban J connectivity index is 2.53. The van der Waals surface area contributed by atoms with E-state index in [0.717, 1.165) is 16.2 Å². The van der Waals surface area contributed by atoms with Crippen molar-refractivity contribution < 1.29 is 19.0 Å². The van der Waals surface area contributed by atoms with Crippen LogP contribution in [0.2, 0.25) is 10.0 Å². The van der Waals surface area contributed by atoms with Crippen LogP contribution < -0.4 is 10.4 Å². The van der Waals surface area contributed by atoms with Crippen molar-refractivity contribution in [2.24, 2.45) is 0 Å². The smallest absolute Gasteiger partial charge is 0.348 e. The third-order valence-corrected chi connectivity index (χ3v) is 7.72. The molecule has 0 saturated carbocycles. The van der Waals surface area contributed by atoms with Gasteiger partial charge in [0.15, 0.2) is 0 Å².